The van der Waals surface area contributed by atoms with Crippen molar-refractivity contribution in [2.75, 3.05) is 13.1 Å². The van der Waals surface area contributed by atoms with E-state index in [9.17, 15) is 9.50 Å². The summed E-state index contributed by atoms with van der Waals surface area (Å²) in [6.45, 7) is 1.79. The van der Waals surface area contributed by atoms with Gasteiger partial charge in [-0.15, -0.1) is 0 Å². The van der Waals surface area contributed by atoms with Crippen LogP contribution in [-0.4, -0.2) is 18.2 Å². The van der Waals surface area contributed by atoms with Crippen molar-refractivity contribution in [3.8, 4) is 0 Å². The van der Waals surface area contributed by atoms with Gasteiger partial charge in [0.2, 0.25) is 0 Å². The Balaban J connectivity index is 2.22. The van der Waals surface area contributed by atoms with Crippen molar-refractivity contribution in [1.82, 2.24) is 5.32 Å². The number of aliphatic hydroxyl groups is 1. The van der Waals surface area contributed by atoms with Gasteiger partial charge in [-0.05, 0) is 44.0 Å². The number of piperidine rings is 1. The fraction of sp³-hybridized carbons (Fsp3) is 0.500. The third-order valence-corrected chi connectivity index (χ3v) is 3.82. The first-order chi connectivity index (χ1) is 7.70. The molecule has 2 nitrogen and oxygen atoms in total. The summed E-state index contributed by atoms with van der Waals surface area (Å²) in [6, 6.07) is 4.80. The van der Waals surface area contributed by atoms with Crippen molar-refractivity contribution in [1.29, 1.82) is 0 Å². The molecule has 0 amide bonds. The number of halogens is 2. The maximum Gasteiger partial charge on any atom is 0.130 e. The second-order valence-corrected chi connectivity index (χ2v) is 5.02. The minimum atomic E-state index is -0.710. The number of hydrogen-bond donors (Lipinski definition) is 2. The van der Waals surface area contributed by atoms with Gasteiger partial charge in [-0.25, -0.2) is 4.39 Å². The molecule has 1 aliphatic rings. The minimum absolute atomic E-state index is 0.148. The minimum Gasteiger partial charge on any atom is -0.388 e. The van der Waals surface area contributed by atoms with Gasteiger partial charge >= 0.3 is 0 Å². The Morgan fingerprint density at radius 2 is 2.06 bits per heavy atom. The zero-order chi connectivity index (χ0) is 11.5. The maximum atomic E-state index is 13.7. The number of aliphatic hydroxyl groups excluding tert-OH is 1. The highest BCUT2D eigenvalue weighted by Crippen LogP contribution is 2.34. The summed E-state index contributed by atoms with van der Waals surface area (Å²) in [5.41, 5.74) is 0.398. The molecule has 1 aliphatic heterocycles. The molecular weight excluding hydrogens is 273 g/mol. The van der Waals surface area contributed by atoms with Crippen molar-refractivity contribution in [2.24, 2.45) is 5.92 Å². The normalized spacial score (nSPS) is 19.7. The summed E-state index contributed by atoms with van der Waals surface area (Å²) in [7, 11) is 0. The van der Waals surface area contributed by atoms with E-state index in [0.717, 1.165) is 25.9 Å². The van der Waals surface area contributed by atoms with Gasteiger partial charge in [-0.3, -0.25) is 0 Å². The summed E-state index contributed by atoms with van der Waals surface area (Å²) in [5.74, 6) is -0.185. The Kier molecular flexibility index (Phi) is 3.95. The molecule has 88 valence electrons. The molecule has 0 spiro atoms. The molecule has 1 aromatic rings. The summed E-state index contributed by atoms with van der Waals surface area (Å²) in [6.07, 6.45) is 1.07. The lowest BCUT2D eigenvalue weighted by atomic mass is 9.88. The van der Waals surface area contributed by atoms with E-state index in [-0.39, 0.29) is 11.7 Å². The van der Waals surface area contributed by atoms with E-state index < -0.39 is 6.10 Å². The second-order valence-electron chi connectivity index (χ2n) is 4.17. The van der Waals surface area contributed by atoms with E-state index in [1.807, 2.05) is 0 Å². The van der Waals surface area contributed by atoms with Crippen LogP contribution in [0.2, 0.25) is 0 Å². The van der Waals surface area contributed by atoms with E-state index in [4.69, 9.17) is 0 Å². The van der Waals surface area contributed by atoms with Gasteiger partial charge in [0, 0.05) is 10.0 Å². The van der Waals surface area contributed by atoms with E-state index >= 15 is 0 Å². The third-order valence-electron chi connectivity index (χ3n) is 3.13. The van der Waals surface area contributed by atoms with Gasteiger partial charge in [0.25, 0.3) is 0 Å². The monoisotopic (exact) mass is 287 g/mol. The average molecular weight is 288 g/mol. The van der Waals surface area contributed by atoms with Crippen molar-refractivity contribution in [2.45, 2.75) is 18.9 Å². The molecular formula is C12H15BrFNO. The van der Waals surface area contributed by atoms with Gasteiger partial charge in [-0.1, -0.05) is 22.0 Å². The lowest BCUT2D eigenvalue weighted by Gasteiger charge is -2.28. The first kappa shape index (κ1) is 12.0. The molecule has 4 heteroatoms. The third kappa shape index (κ3) is 2.44. The molecule has 0 radical (unpaired) electrons. The van der Waals surface area contributed by atoms with E-state index in [1.165, 1.54) is 6.07 Å². The standard InChI is InChI=1S/C12H15BrFNO/c13-9-2-1-3-10(14)11(9)12(16)8-4-6-15-7-5-8/h1-3,8,12,15-16H,4-7H2. The fourth-order valence-electron chi connectivity index (χ4n) is 2.19. The molecule has 2 N–H and O–H groups in total. The summed E-state index contributed by atoms with van der Waals surface area (Å²) in [5, 5.41) is 13.4. The van der Waals surface area contributed by atoms with Crippen LogP contribution in [0.15, 0.2) is 22.7 Å². The Morgan fingerprint density at radius 1 is 1.38 bits per heavy atom. The zero-order valence-corrected chi connectivity index (χ0v) is 10.5. The van der Waals surface area contributed by atoms with Gasteiger partial charge in [0.15, 0.2) is 0 Å². The van der Waals surface area contributed by atoms with E-state index in [1.54, 1.807) is 12.1 Å². The van der Waals surface area contributed by atoms with E-state index in [0.29, 0.717) is 10.0 Å². The van der Waals surface area contributed by atoms with Crippen molar-refractivity contribution in [3.05, 3.63) is 34.1 Å². The van der Waals surface area contributed by atoms with Gasteiger partial charge in [-0.2, -0.15) is 0 Å². The molecule has 1 atom stereocenters. The molecule has 1 unspecified atom stereocenters. The van der Waals surface area contributed by atoms with Crippen LogP contribution in [0, 0.1) is 11.7 Å². The van der Waals surface area contributed by atoms with Crippen molar-refractivity contribution < 1.29 is 9.50 Å². The molecule has 16 heavy (non-hydrogen) atoms. The lowest BCUT2D eigenvalue weighted by Crippen LogP contribution is -2.31. The lowest BCUT2D eigenvalue weighted by molar-refractivity contribution is 0.0850. The Bertz CT molecular complexity index is 346. The average Bonchev–Trinajstić information content (AvgIpc) is 2.30. The summed E-state index contributed by atoms with van der Waals surface area (Å²) < 4.78 is 14.3. The Labute approximate surface area is 103 Å². The van der Waals surface area contributed by atoms with E-state index in [2.05, 4.69) is 21.2 Å². The Morgan fingerprint density at radius 3 is 2.69 bits per heavy atom. The summed E-state index contributed by atoms with van der Waals surface area (Å²) in [4.78, 5) is 0. The van der Waals surface area contributed by atoms with Crippen LogP contribution in [0.1, 0.15) is 24.5 Å². The first-order valence-electron chi connectivity index (χ1n) is 5.53. The maximum absolute atomic E-state index is 13.7. The second kappa shape index (κ2) is 5.25. The molecule has 0 aliphatic carbocycles. The molecule has 0 aromatic heterocycles. The van der Waals surface area contributed by atoms with Crippen LogP contribution in [0.3, 0.4) is 0 Å². The van der Waals surface area contributed by atoms with Crippen LogP contribution in [0.4, 0.5) is 4.39 Å². The molecule has 2 rings (SSSR count). The predicted molar refractivity (Wildman–Crippen MR) is 64.7 cm³/mol. The largest absolute Gasteiger partial charge is 0.388 e. The number of rotatable bonds is 2. The highest BCUT2D eigenvalue weighted by Gasteiger charge is 2.26. The zero-order valence-electron chi connectivity index (χ0n) is 8.92. The smallest absolute Gasteiger partial charge is 0.130 e. The molecule has 0 saturated carbocycles. The number of benzene rings is 1. The highest BCUT2D eigenvalue weighted by molar-refractivity contribution is 9.10. The van der Waals surface area contributed by atoms with Gasteiger partial charge < -0.3 is 10.4 Å². The first-order valence-corrected chi connectivity index (χ1v) is 6.32. The van der Waals surface area contributed by atoms with Gasteiger partial charge in [0.1, 0.15) is 5.82 Å². The molecule has 1 aromatic carbocycles. The van der Waals surface area contributed by atoms with Crippen LogP contribution < -0.4 is 5.32 Å². The van der Waals surface area contributed by atoms with Crippen molar-refractivity contribution in [3.63, 3.8) is 0 Å². The molecule has 1 saturated heterocycles. The molecule has 1 fully saturated rings. The van der Waals surface area contributed by atoms with Crippen LogP contribution in [-0.2, 0) is 0 Å². The van der Waals surface area contributed by atoms with Crippen LogP contribution in [0.5, 0.6) is 0 Å². The predicted octanol–water partition coefficient (Wildman–Crippen LogP) is 2.62. The van der Waals surface area contributed by atoms with Gasteiger partial charge in [0.05, 0.1) is 6.10 Å². The van der Waals surface area contributed by atoms with Crippen LogP contribution in [0.25, 0.3) is 0 Å². The quantitative estimate of drug-likeness (QED) is 0.877. The molecule has 1 heterocycles. The highest BCUT2D eigenvalue weighted by atomic mass is 79.9. The summed E-state index contributed by atoms with van der Waals surface area (Å²) >= 11 is 3.30. The SMILES string of the molecule is OC(c1c(F)cccc1Br)C1CCNCC1. The Hall–Kier alpha value is -0.450. The number of nitrogens with one attached hydrogen (secondary N) is 1. The van der Waals surface area contributed by atoms with Crippen LogP contribution >= 0.6 is 15.9 Å². The molecule has 0 bridgehead atoms. The fourth-order valence-corrected chi connectivity index (χ4v) is 2.77. The number of hydrogen-bond acceptors (Lipinski definition) is 2. The van der Waals surface area contributed by atoms with Crippen molar-refractivity contribution >= 4 is 15.9 Å². The topological polar surface area (TPSA) is 32.3 Å².